The van der Waals surface area contributed by atoms with Crippen LogP contribution in [0.3, 0.4) is 0 Å². The molecule has 23 heavy (non-hydrogen) atoms. The highest BCUT2D eigenvalue weighted by Crippen LogP contribution is 2.21. The van der Waals surface area contributed by atoms with E-state index in [2.05, 4.69) is 5.32 Å². The summed E-state index contributed by atoms with van der Waals surface area (Å²) >= 11 is 0. The molecule has 1 fully saturated rings. The second kappa shape index (κ2) is 6.21. The second-order valence-electron chi connectivity index (χ2n) is 5.47. The highest BCUT2D eigenvalue weighted by Gasteiger charge is 2.31. The van der Waals surface area contributed by atoms with Gasteiger partial charge in [0.2, 0.25) is 5.09 Å². The highest BCUT2D eigenvalue weighted by molar-refractivity contribution is 7.89. The number of nitrogens with one attached hydrogen (secondary N) is 1. The van der Waals surface area contributed by atoms with Gasteiger partial charge in [-0.3, -0.25) is 4.79 Å². The third-order valence-corrected chi connectivity index (χ3v) is 5.77. The first-order valence-electron chi connectivity index (χ1n) is 7.37. The van der Waals surface area contributed by atoms with Crippen LogP contribution in [0.25, 0.3) is 0 Å². The number of aryl methyl sites for hydroxylation is 1. The Morgan fingerprint density at radius 1 is 1.22 bits per heavy atom. The molecule has 0 saturated carbocycles. The predicted molar refractivity (Wildman–Crippen MR) is 81.4 cm³/mol. The zero-order valence-corrected chi connectivity index (χ0v) is 13.5. The molecule has 124 valence electrons. The Morgan fingerprint density at radius 3 is 2.52 bits per heavy atom. The van der Waals surface area contributed by atoms with Crippen LogP contribution in [0.4, 0.5) is 0 Å². The van der Waals surface area contributed by atoms with Crippen molar-refractivity contribution in [1.82, 2.24) is 9.62 Å². The Morgan fingerprint density at radius 2 is 1.96 bits per heavy atom. The Hall–Kier alpha value is -2.06. The van der Waals surface area contributed by atoms with Crippen molar-refractivity contribution in [2.75, 3.05) is 13.1 Å². The molecule has 0 spiro atoms. The van der Waals surface area contributed by atoms with Crippen molar-refractivity contribution in [1.29, 1.82) is 0 Å². The number of sulfonamides is 1. The number of amides is 1. The van der Waals surface area contributed by atoms with Crippen molar-refractivity contribution in [3.05, 3.63) is 42.0 Å². The van der Waals surface area contributed by atoms with E-state index in [4.69, 9.17) is 8.83 Å². The van der Waals surface area contributed by atoms with Gasteiger partial charge in [-0.2, -0.15) is 4.31 Å². The summed E-state index contributed by atoms with van der Waals surface area (Å²) in [5.41, 5.74) is 0.510. The average Bonchev–Trinajstić information content (AvgIpc) is 3.19. The van der Waals surface area contributed by atoms with Crippen molar-refractivity contribution >= 4 is 15.9 Å². The molecule has 0 radical (unpaired) electrons. The zero-order chi connectivity index (χ0) is 16.4. The zero-order valence-electron chi connectivity index (χ0n) is 12.7. The van der Waals surface area contributed by atoms with Crippen LogP contribution in [0.15, 0.2) is 44.7 Å². The van der Waals surface area contributed by atoms with Gasteiger partial charge in [-0.15, -0.1) is 0 Å². The average molecular weight is 338 g/mol. The minimum absolute atomic E-state index is 0.0472. The molecule has 0 aliphatic carbocycles. The summed E-state index contributed by atoms with van der Waals surface area (Å²) in [5, 5.41) is 2.88. The molecule has 8 heteroatoms. The van der Waals surface area contributed by atoms with Gasteiger partial charge in [0.25, 0.3) is 15.9 Å². The van der Waals surface area contributed by atoms with Crippen LogP contribution in [-0.4, -0.2) is 37.8 Å². The van der Waals surface area contributed by atoms with Crippen LogP contribution >= 0.6 is 0 Å². The lowest BCUT2D eigenvalue weighted by atomic mass is 10.1. The summed E-state index contributed by atoms with van der Waals surface area (Å²) in [6.45, 7) is 2.42. The lowest BCUT2D eigenvalue weighted by molar-refractivity contribution is 0.0922. The molecule has 1 N–H and O–H groups in total. The van der Waals surface area contributed by atoms with E-state index in [-0.39, 0.29) is 17.0 Å². The Labute approximate surface area is 134 Å². The van der Waals surface area contributed by atoms with Crippen LogP contribution in [-0.2, 0) is 10.0 Å². The van der Waals surface area contributed by atoms with Gasteiger partial charge < -0.3 is 14.2 Å². The lowest BCUT2D eigenvalue weighted by Gasteiger charge is -2.30. The second-order valence-corrected chi connectivity index (χ2v) is 7.34. The summed E-state index contributed by atoms with van der Waals surface area (Å²) in [6.07, 6.45) is 3.93. The molecule has 7 nitrogen and oxygen atoms in total. The number of nitrogens with zero attached hydrogens (tertiary/aromatic N) is 1. The van der Waals surface area contributed by atoms with E-state index in [0.717, 1.165) is 0 Å². The first-order chi connectivity index (χ1) is 11.0. The fourth-order valence-electron chi connectivity index (χ4n) is 2.66. The van der Waals surface area contributed by atoms with E-state index in [1.165, 1.54) is 22.9 Å². The molecule has 3 heterocycles. The largest absolute Gasteiger partial charge is 0.469 e. The molecule has 0 unspecified atom stereocenters. The van der Waals surface area contributed by atoms with Crippen molar-refractivity contribution in [2.45, 2.75) is 30.9 Å². The molecule has 0 bridgehead atoms. The highest BCUT2D eigenvalue weighted by atomic mass is 32.2. The number of piperidine rings is 1. The molecule has 2 aromatic heterocycles. The topological polar surface area (TPSA) is 92.8 Å². The van der Waals surface area contributed by atoms with Crippen LogP contribution in [0.2, 0.25) is 0 Å². The minimum atomic E-state index is -3.58. The fourth-order valence-corrected chi connectivity index (χ4v) is 4.04. The van der Waals surface area contributed by atoms with E-state index in [1.807, 2.05) is 0 Å². The van der Waals surface area contributed by atoms with Gasteiger partial charge in [-0.05, 0) is 38.0 Å². The summed E-state index contributed by atoms with van der Waals surface area (Å²) in [7, 11) is -3.58. The number of hydrogen-bond acceptors (Lipinski definition) is 5. The number of hydrogen-bond donors (Lipinski definition) is 1. The monoisotopic (exact) mass is 338 g/mol. The van der Waals surface area contributed by atoms with E-state index in [9.17, 15) is 13.2 Å². The first-order valence-corrected chi connectivity index (χ1v) is 8.81. The summed E-state index contributed by atoms with van der Waals surface area (Å²) in [6, 6.07) is 4.55. The maximum absolute atomic E-state index is 12.3. The molecule has 0 atom stereocenters. The summed E-state index contributed by atoms with van der Waals surface area (Å²) in [5.74, 6) is 0.379. The molecular formula is C15H18N2O5S. The summed E-state index contributed by atoms with van der Waals surface area (Å²) < 4.78 is 36.2. The number of carbonyl (C=O) groups excluding carboxylic acids is 1. The van der Waals surface area contributed by atoms with Crippen molar-refractivity contribution < 1.29 is 22.0 Å². The van der Waals surface area contributed by atoms with Crippen LogP contribution in [0.1, 0.15) is 29.0 Å². The minimum Gasteiger partial charge on any atom is -0.469 e. The Bertz CT molecular complexity index is 771. The van der Waals surface area contributed by atoms with Gasteiger partial charge in [0.1, 0.15) is 5.76 Å². The normalized spacial score (nSPS) is 17.3. The van der Waals surface area contributed by atoms with Gasteiger partial charge in [0, 0.05) is 19.1 Å². The number of carbonyl (C=O) groups is 1. The van der Waals surface area contributed by atoms with Crippen molar-refractivity contribution in [2.24, 2.45) is 0 Å². The van der Waals surface area contributed by atoms with Gasteiger partial charge in [-0.1, -0.05) is 0 Å². The third kappa shape index (κ3) is 3.18. The van der Waals surface area contributed by atoms with Gasteiger partial charge in [-0.25, -0.2) is 8.42 Å². The SMILES string of the molecule is Cc1occc1C(=O)NC1CCN(S(=O)(=O)c2ccco2)CC1. The maximum atomic E-state index is 12.3. The molecule has 1 saturated heterocycles. The maximum Gasteiger partial charge on any atom is 0.276 e. The number of rotatable bonds is 4. The quantitative estimate of drug-likeness (QED) is 0.917. The Balaban J connectivity index is 1.59. The number of furan rings is 2. The molecule has 3 rings (SSSR count). The smallest absolute Gasteiger partial charge is 0.276 e. The molecular weight excluding hydrogens is 320 g/mol. The van der Waals surface area contributed by atoms with Crippen LogP contribution in [0, 0.1) is 6.92 Å². The lowest BCUT2D eigenvalue weighted by Crippen LogP contribution is -2.46. The van der Waals surface area contributed by atoms with Gasteiger partial charge in [0.15, 0.2) is 0 Å². The fraction of sp³-hybridized carbons (Fsp3) is 0.400. The van der Waals surface area contributed by atoms with E-state index in [1.54, 1.807) is 19.1 Å². The molecule has 2 aromatic rings. The Kier molecular flexibility index (Phi) is 4.27. The molecule has 1 amide bonds. The third-order valence-electron chi connectivity index (χ3n) is 3.98. The van der Waals surface area contributed by atoms with Gasteiger partial charge in [0.05, 0.1) is 18.1 Å². The molecule has 1 aliphatic heterocycles. The van der Waals surface area contributed by atoms with Gasteiger partial charge >= 0.3 is 0 Å². The first kappa shape index (κ1) is 15.8. The van der Waals surface area contributed by atoms with Crippen LogP contribution < -0.4 is 5.32 Å². The predicted octanol–water partition coefficient (Wildman–Crippen LogP) is 1.76. The van der Waals surface area contributed by atoms with E-state index >= 15 is 0 Å². The van der Waals surface area contributed by atoms with E-state index in [0.29, 0.717) is 37.3 Å². The van der Waals surface area contributed by atoms with Crippen molar-refractivity contribution in [3.8, 4) is 0 Å². The van der Waals surface area contributed by atoms with Crippen LogP contribution in [0.5, 0.6) is 0 Å². The molecule has 0 aromatic carbocycles. The van der Waals surface area contributed by atoms with Crippen molar-refractivity contribution in [3.63, 3.8) is 0 Å². The summed E-state index contributed by atoms with van der Waals surface area (Å²) in [4.78, 5) is 12.1. The standard InChI is InChI=1S/C15H18N2O5S/c1-11-13(6-10-21-11)15(18)16-12-4-7-17(8-5-12)23(19,20)14-3-2-9-22-14/h2-3,6,9-10,12H,4-5,7-8H2,1H3,(H,16,18). The van der Waals surface area contributed by atoms with E-state index < -0.39 is 10.0 Å². The molecule has 1 aliphatic rings.